The van der Waals surface area contributed by atoms with Crippen molar-refractivity contribution in [2.75, 3.05) is 50.8 Å². The number of thiophene rings is 1. The first kappa shape index (κ1) is 16.7. The lowest BCUT2D eigenvalue weighted by Crippen LogP contribution is -2.51. The van der Waals surface area contributed by atoms with Crippen molar-refractivity contribution in [2.45, 2.75) is 18.9 Å². The number of amides is 1. The first-order valence-corrected chi connectivity index (χ1v) is 9.70. The average Bonchev–Trinajstić information content (AvgIpc) is 3.12. The second-order valence-corrected chi connectivity index (χ2v) is 7.45. The minimum atomic E-state index is 0.127. The monoisotopic (exact) mass is 361 g/mol. The van der Waals surface area contributed by atoms with E-state index in [4.69, 9.17) is 4.74 Å². The molecule has 0 bridgehead atoms. The van der Waals surface area contributed by atoms with Crippen molar-refractivity contribution >= 4 is 33.3 Å². The minimum Gasteiger partial charge on any atom is -0.381 e. The molecule has 25 heavy (non-hydrogen) atoms. The fourth-order valence-corrected chi connectivity index (χ4v) is 4.19. The smallest absolute Gasteiger partial charge is 0.234 e. The van der Waals surface area contributed by atoms with E-state index in [-0.39, 0.29) is 11.9 Å². The number of anilines is 1. The van der Waals surface area contributed by atoms with Crippen molar-refractivity contribution in [2.24, 2.45) is 0 Å². The Balaban J connectivity index is 1.29. The molecular formula is C17H23N5O2S. The summed E-state index contributed by atoms with van der Waals surface area (Å²) in [5.41, 5.74) is 0. The summed E-state index contributed by atoms with van der Waals surface area (Å²) in [6.07, 6.45) is 3.48. The summed E-state index contributed by atoms with van der Waals surface area (Å²) in [6.45, 7) is 5.48. The van der Waals surface area contributed by atoms with E-state index < -0.39 is 0 Å². The van der Waals surface area contributed by atoms with Gasteiger partial charge in [-0.3, -0.25) is 9.69 Å². The van der Waals surface area contributed by atoms with Crippen molar-refractivity contribution in [1.29, 1.82) is 0 Å². The van der Waals surface area contributed by atoms with Gasteiger partial charge < -0.3 is 15.0 Å². The molecule has 1 amide bonds. The summed E-state index contributed by atoms with van der Waals surface area (Å²) in [5.74, 6) is 1.14. The molecule has 4 heterocycles. The fraction of sp³-hybridized carbons (Fsp3) is 0.588. The highest BCUT2D eigenvalue weighted by molar-refractivity contribution is 7.16. The summed E-state index contributed by atoms with van der Waals surface area (Å²) in [6, 6.07) is 2.36. The maximum Gasteiger partial charge on any atom is 0.234 e. The number of ether oxygens (including phenoxy) is 1. The molecule has 2 aliphatic heterocycles. The maximum atomic E-state index is 12.2. The van der Waals surface area contributed by atoms with Crippen LogP contribution in [0.4, 0.5) is 5.82 Å². The van der Waals surface area contributed by atoms with Crippen molar-refractivity contribution < 1.29 is 9.53 Å². The van der Waals surface area contributed by atoms with E-state index >= 15 is 0 Å². The van der Waals surface area contributed by atoms with E-state index in [1.165, 1.54) is 0 Å². The van der Waals surface area contributed by atoms with Crippen molar-refractivity contribution in [1.82, 2.24) is 20.2 Å². The molecule has 134 valence electrons. The Bertz CT molecular complexity index is 723. The van der Waals surface area contributed by atoms with E-state index in [2.05, 4.69) is 36.5 Å². The largest absolute Gasteiger partial charge is 0.381 e. The van der Waals surface area contributed by atoms with E-state index in [9.17, 15) is 4.79 Å². The molecule has 8 heteroatoms. The number of fused-ring (bicyclic) bond motifs is 1. The highest BCUT2D eigenvalue weighted by Gasteiger charge is 2.23. The summed E-state index contributed by atoms with van der Waals surface area (Å²) >= 11 is 1.64. The molecule has 0 aliphatic carbocycles. The minimum absolute atomic E-state index is 0.127. The maximum absolute atomic E-state index is 12.2. The standard InChI is InChI=1S/C17H23N5O2S/c23-15(20-13-1-8-24-9-2-13)11-21-4-6-22(7-5-21)16-14-3-10-25-17(14)19-12-18-16/h3,10,12-13H,1-2,4-9,11H2,(H,20,23). The van der Waals surface area contributed by atoms with Crippen LogP contribution in [-0.2, 0) is 9.53 Å². The Morgan fingerprint density at radius 3 is 2.84 bits per heavy atom. The van der Waals surface area contributed by atoms with Gasteiger partial charge >= 0.3 is 0 Å². The zero-order chi connectivity index (χ0) is 17.1. The molecule has 0 spiro atoms. The predicted octanol–water partition coefficient (Wildman–Crippen LogP) is 1.11. The molecule has 4 rings (SSSR count). The van der Waals surface area contributed by atoms with Crippen LogP contribution in [0.25, 0.3) is 10.2 Å². The molecule has 2 fully saturated rings. The van der Waals surface area contributed by atoms with Gasteiger partial charge in [0, 0.05) is 45.4 Å². The van der Waals surface area contributed by atoms with Gasteiger partial charge in [-0.25, -0.2) is 9.97 Å². The number of aromatic nitrogens is 2. The van der Waals surface area contributed by atoms with Gasteiger partial charge in [-0.15, -0.1) is 11.3 Å². The molecule has 0 radical (unpaired) electrons. The SMILES string of the molecule is O=C(CN1CCN(c2ncnc3sccc23)CC1)NC1CCOCC1. The van der Waals surface area contributed by atoms with Gasteiger partial charge in [0.15, 0.2) is 0 Å². The van der Waals surface area contributed by atoms with Gasteiger partial charge in [-0.1, -0.05) is 0 Å². The second kappa shape index (κ2) is 7.63. The Morgan fingerprint density at radius 2 is 2.04 bits per heavy atom. The summed E-state index contributed by atoms with van der Waals surface area (Å²) in [7, 11) is 0. The molecule has 7 nitrogen and oxygen atoms in total. The second-order valence-electron chi connectivity index (χ2n) is 6.55. The molecule has 0 atom stereocenters. The van der Waals surface area contributed by atoms with E-state index in [1.54, 1.807) is 17.7 Å². The topological polar surface area (TPSA) is 70.6 Å². The van der Waals surface area contributed by atoms with Crippen molar-refractivity contribution in [3.63, 3.8) is 0 Å². The lowest BCUT2D eigenvalue weighted by molar-refractivity contribution is -0.123. The van der Waals surface area contributed by atoms with E-state index in [1.807, 2.05) is 0 Å². The molecule has 2 aliphatic rings. The Labute approximate surface area is 151 Å². The van der Waals surface area contributed by atoms with Crippen LogP contribution in [-0.4, -0.2) is 72.8 Å². The van der Waals surface area contributed by atoms with Gasteiger partial charge in [0.2, 0.25) is 5.91 Å². The van der Waals surface area contributed by atoms with E-state index in [0.717, 1.165) is 68.3 Å². The van der Waals surface area contributed by atoms with Crippen LogP contribution in [0.3, 0.4) is 0 Å². The van der Waals surface area contributed by atoms with Crippen LogP contribution in [0.1, 0.15) is 12.8 Å². The first-order valence-electron chi connectivity index (χ1n) is 8.82. The number of hydrogen-bond acceptors (Lipinski definition) is 7. The van der Waals surface area contributed by atoms with Crippen LogP contribution in [0.15, 0.2) is 17.8 Å². The van der Waals surface area contributed by atoms with Crippen LogP contribution in [0.2, 0.25) is 0 Å². The zero-order valence-corrected chi connectivity index (χ0v) is 15.0. The van der Waals surface area contributed by atoms with Crippen LogP contribution in [0, 0.1) is 0 Å². The molecule has 2 saturated heterocycles. The van der Waals surface area contributed by atoms with E-state index in [0.29, 0.717) is 6.54 Å². The number of nitrogens with one attached hydrogen (secondary N) is 1. The summed E-state index contributed by atoms with van der Waals surface area (Å²) in [4.78, 5) is 26.6. The van der Waals surface area contributed by atoms with Crippen molar-refractivity contribution in [3.8, 4) is 0 Å². The number of piperazine rings is 1. The molecule has 2 aromatic rings. The third kappa shape index (κ3) is 3.91. The molecule has 0 aromatic carbocycles. The van der Waals surface area contributed by atoms with Gasteiger partial charge in [0.25, 0.3) is 0 Å². The van der Waals surface area contributed by atoms with Gasteiger partial charge in [0.05, 0.1) is 11.9 Å². The normalized spacial score (nSPS) is 20.1. The highest BCUT2D eigenvalue weighted by Crippen LogP contribution is 2.27. The fourth-order valence-electron chi connectivity index (χ4n) is 3.47. The highest BCUT2D eigenvalue weighted by atomic mass is 32.1. The van der Waals surface area contributed by atoms with Crippen LogP contribution >= 0.6 is 11.3 Å². The number of carbonyl (C=O) groups is 1. The third-order valence-corrected chi connectivity index (χ3v) is 5.69. The number of rotatable bonds is 4. The summed E-state index contributed by atoms with van der Waals surface area (Å²) in [5, 5.41) is 6.31. The third-order valence-electron chi connectivity index (χ3n) is 4.87. The van der Waals surface area contributed by atoms with Gasteiger partial charge in [0.1, 0.15) is 17.0 Å². The van der Waals surface area contributed by atoms with Crippen molar-refractivity contribution in [3.05, 3.63) is 17.8 Å². The van der Waals surface area contributed by atoms with Gasteiger partial charge in [-0.05, 0) is 24.3 Å². The Hall–Kier alpha value is -1.77. The lowest BCUT2D eigenvalue weighted by atomic mass is 10.1. The lowest BCUT2D eigenvalue weighted by Gasteiger charge is -2.35. The molecular weight excluding hydrogens is 338 g/mol. The Kier molecular flexibility index (Phi) is 5.09. The number of carbonyl (C=O) groups excluding carboxylic acids is 1. The summed E-state index contributed by atoms with van der Waals surface area (Å²) < 4.78 is 5.33. The molecule has 2 aromatic heterocycles. The quantitative estimate of drug-likeness (QED) is 0.880. The molecule has 0 saturated carbocycles. The van der Waals surface area contributed by atoms with Crippen LogP contribution < -0.4 is 10.2 Å². The predicted molar refractivity (Wildman–Crippen MR) is 98.1 cm³/mol. The number of hydrogen-bond donors (Lipinski definition) is 1. The molecule has 1 N–H and O–H groups in total. The van der Waals surface area contributed by atoms with Crippen LogP contribution in [0.5, 0.6) is 0 Å². The van der Waals surface area contributed by atoms with Gasteiger partial charge in [-0.2, -0.15) is 0 Å². The average molecular weight is 361 g/mol. The first-order chi connectivity index (χ1) is 12.3. The molecule has 0 unspecified atom stereocenters. The number of nitrogens with zero attached hydrogens (tertiary/aromatic N) is 4. The zero-order valence-electron chi connectivity index (χ0n) is 14.2. The Morgan fingerprint density at radius 1 is 1.24 bits per heavy atom.